The van der Waals surface area contributed by atoms with E-state index < -0.39 is 12.1 Å². The molecule has 0 aliphatic carbocycles. The maximum Gasteiger partial charge on any atom is 0.335 e. The van der Waals surface area contributed by atoms with Gasteiger partial charge in [0, 0.05) is 0 Å². The summed E-state index contributed by atoms with van der Waals surface area (Å²) in [5, 5.41) is 9.09. The minimum absolute atomic E-state index is 0.144. The number of carbonyl (C=O) groups is 1. The van der Waals surface area contributed by atoms with Crippen molar-refractivity contribution in [3.63, 3.8) is 0 Å². The van der Waals surface area contributed by atoms with Gasteiger partial charge in [-0.2, -0.15) is 0 Å². The number of hydrogen-bond acceptors (Lipinski definition) is 3. The molecule has 0 saturated heterocycles. The van der Waals surface area contributed by atoms with Gasteiger partial charge in [0.2, 0.25) is 0 Å². The fraction of sp³-hybridized carbons (Fsp3) is 0.875. The quantitative estimate of drug-likeness (QED) is 0.626. The Morgan fingerprint density at radius 3 is 2.45 bits per heavy atom. The highest BCUT2D eigenvalue weighted by Gasteiger charge is 2.15. The second-order valence-corrected chi connectivity index (χ2v) is 2.79. The van der Waals surface area contributed by atoms with Gasteiger partial charge in [0.05, 0.1) is 6.10 Å². The van der Waals surface area contributed by atoms with Crippen LogP contribution >= 0.6 is 0 Å². The molecule has 0 fully saturated rings. The SMILES string of the molecule is CCCC(O)C(=O)OC(C)C. The van der Waals surface area contributed by atoms with Crippen LogP contribution in [-0.4, -0.2) is 23.3 Å². The third-order valence-electron chi connectivity index (χ3n) is 1.19. The van der Waals surface area contributed by atoms with Crippen molar-refractivity contribution in [1.82, 2.24) is 0 Å². The fourth-order valence-electron chi connectivity index (χ4n) is 0.702. The van der Waals surface area contributed by atoms with Crippen molar-refractivity contribution in [2.45, 2.75) is 45.8 Å². The van der Waals surface area contributed by atoms with Crippen LogP contribution in [0.4, 0.5) is 0 Å². The normalized spacial score (nSPS) is 13.2. The third-order valence-corrected chi connectivity index (χ3v) is 1.19. The van der Waals surface area contributed by atoms with Crippen LogP contribution in [0.1, 0.15) is 33.6 Å². The van der Waals surface area contributed by atoms with Crippen molar-refractivity contribution < 1.29 is 14.6 Å². The molecule has 0 spiro atoms. The summed E-state index contributed by atoms with van der Waals surface area (Å²) in [6.07, 6.45) is 0.177. The molecule has 1 atom stereocenters. The molecule has 0 rings (SSSR count). The number of aliphatic hydroxyl groups excluding tert-OH is 1. The lowest BCUT2D eigenvalue weighted by Gasteiger charge is -2.11. The monoisotopic (exact) mass is 160 g/mol. The molecule has 66 valence electrons. The van der Waals surface area contributed by atoms with Gasteiger partial charge in [0.15, 0.2) is 6.10 Å². The molecule has 3 heteroatoms. The molecule has 0 radical (unpaired) electrons. The molecule has 0 aromatic rings. The topological polar surface area (TPSA) is 46.5 Å². The second kappa shape index (κ2) is 5.13. The van der Waals surface area contributed by atoms with E-state index in [-0.39, 0.29) is 6.10 Å². The number of hydrogen-bond donors (Lipinski definition) is 1. The summed E-state index contributed by atoms with van der Waals surface area (Å²) in [6, 6.07) is 0. The van der Waals surface area contributed by atoms with E-state index in [0.717, 1.165) is 6.42 Å². The third kappa shape index (κ3) is 4.79. The Labute approximate surface area is 67.4 Å². The van der Waals surface area contributed by atoms with Crippen LogP contribution < -0.4 is 0 Å². The summed E-state index contributed by atoms with van der Waals surface area (Å²) in [4.78, 5) is 10.9. The van der Waals surface area contributed by atoms with Crippen LogP contribution in [0.25, 0.3) is 0 Å². The Morgan fingerprint density at radius 2 is 2.09 bits per heavy atom. The number of rotatable bonds is 4. The van der Waals surface area contributed by atoms with Crippen molar-refractivity contribution in [1.29, 1.82) is 0 Å². The first-order valence-electron chi connectivity index (χ1n) is 3.96. The molecule has 0 aromatic heterocycles. The zero-order valence-corrected chi connectivity index (χ0v) is 7.33. The Hall–Kier alpha value is -0.570. The molecule has 11 heavy (non-hydrogen) atoms. The van der Waals surface area contributed by atoms with Crippen molar-refractivity contribution in [3.8, 4) is 0 Å². The summed E-state index contributed by atoms with van der Waals surface area (Å²) in [6.45, 7) is 5.43. The van der Waals surface area contributed by atoms with Gasteiger partial charge in [-0.15, -0.1) is 0 Å². The first kappa shape index (κ1) is 10.4. The van der Waals surface area contributed by atoms with Crippen LogP contribution in [0.3, 0.4) is 0 Å². The van der Waals surface area contributed by atoms with Crippen molar-refractivity contribution in [3.05, 3.63) is 0 Å². The molecule has 0 aliphatic rings. The standard InChI is InChI=1S/C8H16O3/c1-4-5-7(9)8(10)11-6(2)3/h6-7,9H,4-5H2,1-3H3. The highest BCUT2D eigenvalue weighted by atomic mass is 16.6. The first-order valence-corrected chi connectivity index (χ1v) is 3.96. The van der Waals surface area contributed by atoms with Gasteiger partial charge in [-0.05, 0) is 20.3 Å². The van der Waals surface area contributed by atoms with Crippen LogP contribution in [0.2, 0.25) is 0 Å². The number of aliphatic hydroxyl groups is 1. The predicted octanol–water partition coefficient (Wildman–Crippen LogP) is 1.10. The maximum absolute atomic E-state index is 10.9. The van der Waals surface area contributed by atoms with Gasteiger partial charge >= 0.3 is 5.97 Å². The van der Waals surface area contributed by atoms with Gasteiger partial charge in [-0.25, -0.2) is 4.79 Å². The Kier molecular flexibility index (Phi) is 4.86. The van der Waals surface area contributed by atoms with Gasteiger partial charge in [0.1, 0.15) is 0 Å². The summed E-state index contributed by atoms with van der Waals surface area (Å²) < 4.78 is 4.78. The summed E-state index contributed by atoms with van der Waals surface area (Å²) in [5.41, 5.74) is 0. The lowest BCUT2D eigenvalue weighted by Crippen LogP contribution is -2.25. The average Bonchev–Trinajstić information content (AvgIpc) is 1.86. The van der Waals surface area contributed by atoms with Crippen LogP contribution in [-0.2, 0) is 9.53 Å². The van der Waals surface area contributed by atoms with Crippen molar-refractivity contribution in [2.75, 3.05) is 0 Å². The highest BCUT2D eigenvalue weighted by molar-refractivity contribution is 5.74. The van der Waals surface area contributed by atoms with Gasteiger partial charge in [0.25, 0.3) is 0 Å². The van der Waals surface area contributed by atoms with Crippen LogP contribution in [0.15, 0.2) is 0 Å². The van der Waals surface area contributed by atoms with E-state index in [1.54, 1.807) is 13.8 Å². The fourth-order valence-corrected chi connectivity index (χ4v) is 0.702. The van der Waals surface area contributed by atoms with Gasteiger partial charge in [-0.3, -0.25) is 0 Å². The molecular formula is C8H16O3. The molecule has 3 nitrogen and oxygen atoms in total. The zero-order chi connectivity index (χ0) is 8.85. The van der Waals surface area contributed by atoms with Crippen molar-refractivity contribution >= 4 is 5.97 Å². The minimum atomic E-state index is -0.942. The van der Waals surface area contributed by atoms with E-state index in [0.29, 0.717) is 6.42 Å². The first-order chi connectivity index (χ1) is 5.07. The largest absolute Gasteiger partial charge is 0.461 e. The molecule has 1 N–H and O–H groups in total. The molecule has 1 unspecified atom stereocenters. The number of ether oxygens (including phenoxy) is 1. The highest BCUT2D eigenvalue weighted by Crippen LogP contribution is 2.00. The van der Waals surface area contributed by atoms with E-state index >= 15 is 0 Å². The Balaban J connectivity index is 3.64. The molecule has 0 bridgehead atoms. The Morgan fingerprint density at radius 1 is 1.55 bits per heavy atom. The molecular weight excluding hydrogens is 144 g/mol. The summed E-state index contributed by atoms with van der Waals surface area (Å²) >= 11 is 0. The van der Waals surface area contributed by atoms with E-state index in [9.17, 15) is 4.79 Å². The lowest BCUT2D eigenvalue weighted by atomic mass is 10.2. The minimum Gasteiger partial charge on any atom is -0.461 e. The molecule has 0 amide bonds. The van der Waals surface area contributed by atoms with E-state index in [4.69, 9.17) is 9.84 Å². The average molecular weight is 160 g/mol. The molecule has 0 aromatic carbocycles. The molecule has 0 saturated carbocycles. The molecule has 0 aliphatic heterocycles. The van der Waals surface area contributed by atoms with E-state index in [1.807, 2.05) is 6.92 Å². The maximum atomic E-state index is 10.9. The van der Waals surface area contributed by atoms with E-state index in [1.165, 1.54) is 0 Å². The summed E-state index contributed by atoms with van der Waals surface area (Å²) in [7, 11) is 0. The van der Waals surface area contributed by atoms with Crippen LogP contribution in [0.5, 0.6) is 0 Å². The molecule has 0 heterocycles. The van der Waals surface area contributed by atoms with Crippen LogP contribution in [0, 0.1) is 0 Å². The number of carbonyl (C=O) groups excluding carboxylic acids is 1. The second-order valence-electron chi connectivity index (χ2n) is 2.79. The smallest absolute Gasteiger partial charge is 0.335 e. The predicted molar refractivity (Wildman–Crippen MR) is 42.1 cm³/mol. The number of esters is 1. The van der Waals surface area contributed by atoms with E-state index in [2.05, 4.69) is 0 Å². The summed E-state index contributed by atoms with van der Waals surface area (Å²) in [5.74, 6) is -0.512. The zero-order valence-electron chi connectivity index (χ0n) is 7.33. The Bertz CT molecular complexity index is 121. The lowest BCUT2D eigenvalue weighted by molar-refractivity contribution is -0.157. The van der Waals surface area contributed by atoms with Gasteiger partial charge < -0.3 is 9.84 Å². The van der Waals surface area contributed by atoms with Crippen molar-refractivity contribution in [2.24, 2.45) is 0 Å². The van der Waals surface area contributed by atoms with Gasteiger partial charge in [-0.1, -0.05) is 13.3 Å².